The van der Waals surface area contributed by atoms with Crippen LogP contribution in [-0.2, 0) is 26.2 Å². The second-order valence-corrected chi connectivity index (χ2v) is 10.5. The molecule has 1 unspecified atom stereocenters. The molecule has 35 heavy (non-hydrogen) atoms. The number of sulfonamides is 1. The number of anilines is 1. The number of rotatable bonds is 11. The summed E-state index contributed by atoms with van der Waals surface area (Å²) in [6, 6.07) is 12.1. The van der Waals surface area contributed by atoms with Crippen LogP contribution in [0, 0.1) is 6.92 Å². The zero-order valence-corrected chi connectivity index (χ0v) is 21.4. The minimum Gasteiger partial charge on any atom is -0.454 e. The van der Waals surface area contributed by atoms with Crippen LogP contribution in [0.1, 0.15) is 37.8 Å². The number of likely N-dealkylation sites (N-methyl/N-ethyl adjacent to an activating group) is 1. The molecule has 0 saturated carbocycles. The third kappa shape index (κ3) is 6.88. The Morgan fingerprint density at radius 2 is 1.86 bits per heavy atom. The quantitative estimate of drug-likeness (QED) is 0.506. The normalized spacial score (nSPS) is 13.3. The summed E-state index contributed by atoms with van der Waals surface area (Å²) in [5, 5.41) is 2.77. The van der Waals surface area contributed by atoms with Crippen LogP contribution >= 0.6 is 0 Å². The second-order valence-electron chi connectivity index (χ2n) is 8.56. The Morgan fingerprint density at radius 3 is 2.54 bits per heavy atom. The lowest BCUT2D eigenvalue weighted by molar-refractivity contribution is -0.140. The van der Waals surface area contributed by atoms with E-state index < -0.39 is 16.1 Å². The van der Waals surface area contributed by atoms with E-state index >= 15 is 0 Å². The molecule has 9 nitrogen and oxygen atoms in total. The lowest BCUT2D eigenvalue weighted by Crippen LogP contribution is -2.47. The average molecular weight is 504 g/mol. The summed E-state index contributed by atoms with van der Waals surface area (Å²) in [6.45, 7) is 6.45. The van der Waals surface area contributed by atoms with Crippen molar-refractivity contribution in [3.8, 4) is 11.5 Å². The molecule has 0 aliphatic carbocycles. The molecule has 0 bridgehead atoms. The SMILES string of the molecule is CCNC(=O)C(C)N(Cc1cccc(C)c1)C(=O)CCCN(c1ccc2c(c1)OCO2)S(C)(=O)=O. The van der Waals surface area contributed by atoms with Gasteiger partial charge in [0.25, 0.3) is 0 Å². The molecule has 0 radical (unpaired) electrons. The molecule has 1 atom stereocenters. The molecular formula is C25H33N3O6S. The topological polar surface area (TPSA) is 105 Å². The van der Waals surface area contributed by atoms with Gasteiger partial charge in [-0.3, -0.25) is 13.9 Å². The predicted octanol–water partition coefficient (Wildman–Crippen LogP) is 2.82. The monoisotopic (exact) mass is 503 g/mol. The largest absolute Gasteiger partial charge is 0.454 e. The molecule has 2 aromatic carbocycles. The fraction of sp³-hybridized carbons (Fsp3) is 0.440. The summed E-state index contributed by atoms with van der Waals surface area (Å²) in [5.74, 6) is 0.590. The van der Waals surface area contributed by atoms with E-state index in [-0.39, 0.29) is 44.5 Å². The number of carbonyl (C=O) groups excluding carboxylic acids is 2. The van der Waals surface area contributed by atoms with E-state index in [4.69, 9.17) is 9.47 Å². The molecule has 0 spiro atoms. The standard InChI is InChI=1S/C25H33N3O6S/c1-5-26-25(30)19(3)27(16-20-9-6-8-18(2)14-20)24(29)10-7-13-28(35(4,31)32)21-11-12-22-23(15-21)34-17-33-22/h6,8-9,11-12,14-15,19H,5,7,10,13,16-17H2,1-4H3,(H,26,30). The van der Waals surface area contributed by atoms with Gasteiger partial charge in [0.05, 0.1) is 11.9 Å². The summed E-state index contributed by atoms with van der Waals surface area (Å²) in [4.78, 5) is 27.3. The lowest BCUT2D eigenvalue weighted by Gasteiger charge is -2.29. The summed E-state index contributed by atoms with van der Waals surface area (Å²) in [5.41, 5.74) is 2.43. The summed E-state index contributed by atoms with van der Waals surface area (Å²) in [6.07, 6.45) is 1.50. The minimum atomic E-state index is -3.60. The molecule has 2 aromatic rings. The predicted molar refractivity (Wildman–Crippen MR) is 134 cm³/mol. The number of nitrogens with zero attached hydrogens (tertiary/aromatic N) is 2. The molecule has 3 rings (SSSR count). The van der Waals surface area contributed by atoms with Crippen LogP contribution in [0.5, 0.6) is 11.5 Å². The molecule has 1 aliphatic heterocycles. The average Bonchev–Trinajstić information content (AvgIpc) is 3.27. The number of aryl methyl sites for hydroxylation is 1. The fourth-order valence-electron chi connectivity index (χ4n) is 3.96. The van der Waals surface area contributed by atoms with E-state index in [0.717, 1.165) is 17.4 Å². The maximum atomic E-state index is 13.2. The molecule has 2 amide bonds. The molecular weight excluding hydrogens is 470 g/mol. The molecule has 0 aromatic heterocycles. The highest BCUT2D eigenvalue weighted by molar-refractivity contribution is 7.92. The van der Waals surface area contributed by atoms with Crippen LogP contribution in [0.2, 0.25) is 0 Å². The van der Waals surface area contributed by atoms with Gasteiger partial charge < -0.3 is 19.7 Å². The first kappa shape index (κ1) is 26.3. The number of amides is 2. The van der Waals surface area contributed by atoms with Crippen molar-refractivity contribution in [1.29, 1.82) is 0 Å². The first-order valence-corrected chi connectivity index (χ1v) is 13.4. The smallest absolute Gasteiger partial charge is 0.242 e. The third-order valence-electron chi connectivity index (χ3n) is 5.75. The number of benzene rings is 2. The van der Waals surface area contributed by atoms with E-state index in [2.05, 4.69) is 5.32 Å². The summed E-state index contributed by atoms with van der Waals surface area (Å²) >= 11 is 0. The number of fused-ring (bicyclic) bond motifs is 1. The molecule has 10 heteroatoms. The van der Waals surface area contributed by atoms with Gasteiger partial charge in [-0.05, 0) is 44.9 Å². The third-order valence-corrected chi connectivity index (χ3v) is 6.94. The molecule has 1 aliphatic rings. The van der Waals surface area contributed by atoms with Crippen molar-refractivity contribution in [2.24, 2.45) is 0 Å². The molecule has 0 saturated heterocycles. The Hall–Kier alpha value is -3.27. The van der Waals surface area contributed by atoms with Crippen molar-refractivity contribution in [2.75, 3.05) is 30.4 Å². The highest BCUT2D eigenvalue weighted by atomic mass is 32.2. The van der Waals surface area contributed by atoms with Gasteiger partial charge in [-0.1, -0.05) is 29.8 Å². The van der Waals surface area contributed by atoms with Crippen LogP contribution in [-0.4, -0.2) is 57.3 Å². The summed E-state index contributed by atoms with van der Waals surface area (Å²) in [7, 11) is -3.60. The van der Waals surface area contributed by atoms with Gasteiger partial charge in [-0.15, -0.1) is 0 Å². The van der Waals surface area contributed by atoms with Gasteiger partial charge in [-0.25, -0.2) is 8.42 Å². The number of hydrogen-bond donors (Lipinski definition) is 1. The first-order chi connectivity index (χ1) is 16.6. The first-order valence-electron chi connectivity index (χ1n) is 11.6. The van der Waals surface area contributed by atoms with Crippen molar-refractivity contribution in [3.05, 3.63) is 53.6 Å². The highest BCUT2D eigenvalue weighted by Gasteiger charge is 2.27. The second kappa shape index (κ2) is 11.4. The Balaban J connectivity index is 1.72. The van der Waals surface area contributed by atoms with Gasteiger partial charge in [0, 0.05) is 32.1 Å². The van der Waals surface area contributed by atoms with Crippen molar-refractivity contribution < 1.29 is 27.5 Å². The van der Waals surface area contributed by atoms with Gasteiger partial charge in [-0.2, -0.15) is 0 Å². The van der Waals surface area contributed by atoms with Crippen molar-refractivity contribution in [3.63, 3.8) is 0 Å². The zero-order valence-electron chi connectivity index (χ0n) is 20.6. The minimum absolute atomic E-state index is 0.0894. The number of hydrogen-bond acceptors (Lipinski definition) is 6. The van der Waals surface area contributed by atoms with Gasteiger partial charge in [0.2, 0.25) is 28.6 Å². The van der Waals surface area contributed by atoms with Crippen LogP contribution in [0.4, 0.5) is 5.69 Å². The van der Waals surface area contributed by atoms with E-state index in [0.29, 0.717) is 23.7 Å². The van der Waals surface area contributed by atoms with Crippen LogP contribution in [0.3, 0.4) is 0 Å². The number of nitrogens with one attached hydrogen (secondary N) is 1. The van der Waals surface area contributed by atoms with Gasteiger partial charge in [0.1, 0.15) is 6.04 Å². The maximum absolute atomic E-state index is 13.2. The van der Waals surface area contributed by atoms with Crippen molar-refractivity contribution >= 4 is 27.5 Å². The molecule has 190 valence electrons. The van der Waals surface area contributed by atoms with Gasteiger partial charge >= 0.3 is 0 Å². The Bertz CT molecular complexity index is 1170. The Kier molecular flexibility index (Phi) is 8.61. The van der Waals surface area contributed by atoms with E-state index in [9.17, 15) is 18.0 Å². The van der Waals surface area contributed by atoms with Crippen LogP contribution < -0.4 is 19.1 Å². The highest BCUT2D eigenvalue weighted by Crippen LogP contribution is 2.36. The van der Waals surface area contributed by atoms with Crippen molar-refractivity contribution in [1.82, 2.24) is 10.2 Å². The van der Waals surface area contributed by atoms with Crippen LogP contribution in [0.15, 0.2) is 42.5 Å². The van der Waals surface area contributed by atoms with Gasteiger partial charge in [0.15, 0.2) is 11.5 Å². The molecule has 1 N–H and O–H groups in total. The van der Waals surface area contributed by atoms with E-state index in [1.807, 2.05) is 38.1 Å². The fourth-order valence-corrected chi connectivity index (χ4v) is 4.91. The Labute approximate surface area is 207 Å². The Morgan fingerprint density at radius 1 is 1.11 bits per heavy atom. The zero-order chi connectivity index (χ0) is 25.6. The lowest BCUT2D eigenvalue weighted by atomic mass is 10.1. The molecule has 1 heterocycles. The van der Waals surface area contributed by atoms with E-state index in [1.54, 1.807) is 30.0 Å². The maximum Gasteiger partial charge on any atom is 0.242 e. The van der Waals surface area contributed by atoms with E-state index in [1.165, 1.54) is 4.31 Å². The van der Waals surface area contributed by atoms with Crippen molar-refractivity contribution in [2.45, 2.75) is 46.2 Å². The van der Waals surface area contributed by atoms with Crippen LogP contribution in [0.25, 0.3) is 0 Å². The number of carbonyl (C=O) groups is 2. The molecule has 0 fully saturated rings. The number of ether oxygens (including phenoxy) is 2. The summed E-state index contributed by atoms with van der Waals surface area (Å²) < 4.78 is 36.9.